The van der Waals surface area contributed by atoms with Gasteiger partial charge >= 0.3 is 0 Å². The van der Waals surface area contributed by atoms with E-state index in [1.807, 2.05) is 0 Å². The normalized spacial score (nSPS) is 10.0. The van der Waals surface area contributed by atoms with E-state index in [0.29, 0.717) is 0 Å². The van der Waals surface area contributed by atoms with Crippen molar-refractivity contribution in [3.8, 4) is 0 Å². The third kappa shape index (κ3) is 3.84. The summed E-state index contributed by atoms with van der Waals surface area (Å²) in [7, 11) is 0. The SMILES string of the molecule is OOCC(O)O. The predicted molar refractivity (Wildman–Crippen MR) is 16.8 cm³/mol. The zero-order valence-corrected chi connectivity index (χ0v) is 3.03. The summed E-state index contributed by atoms with van der Waals surface area (Å²) in [6, 6.07) is 0. The van der Waals surface area contributed by atoms with Gasteiger partial charge in [0.05, 0.1) is 0 Å². The van der Waals surface area contributed by atoms with Crippen LogP contribution in [0.4, 0.5) is 0 Å². The maximum absolute atomic E-state index is 7.82. The van der Waals surface area contributed by atoms with Gasteiger partial charge in [0.15, 0.2) is 6.29 Å². The molecule has 3 N–H and O–H groups in total. The molecule has 0 unspecified atom stereocenters. The van der Waals surface area contributed by atoms with Crippen molar-refractivity contribution in [1.82, 2.24) is 0 Å². The Morgan fingerprint density at radius 2 is 2.00 bits per heavy atom. The Morgan fingerprint density at radius 3 is 2.00 bits per heavy atom. The number of hydrogen-bond donors (Lipinski definition) is 3. The zero-order valence-electron chi connectivity index (χ0n) is 3.03. The van der Waals surface area contributed by atoms with Crippen molar-refractivity contribution in [2.24, 2.45) is 0 Å². The van der Waals surface area contributed by atoms with E-state index < -0.39 is 12.9 Å². The van der Waals surface area contributed by atoms with Crippen LogP contribution in [0.25, 0.3) is 0 Å². The van der Waals surface area contributed by atoms with Gasteiger partial charge in [-0.3, -0.25) is 5.26 Å². The first kappa shape index (κ1) is 5.84. The minimum absolute atomic E-state index is 0.458. The largest absolute Gasteiger partial charge is 0.366 e. The molecule has 0 saturated heterocycles. The van der Waals surface area contributed by atoms with Crippen LogP contribution in [-0.4, -0.2) is 28.4 Å². The molecule has 0 rings (SSSR count). The summed E-state index contributed by atoms with van der Waals surface area (Å²) in [5, 5.41) is 23.1. The highest BCUT2D eigenvalue weighted by molar-refractivity contribution is 4.22. The fourth-order valence-electron chi connectivity index (χ4n) is 0.0667. The number of aliphatic hydroxyl groups is 2. The molecule has 0 spiro atoms. The Bertz CT molecular complexity index is 26.7. The van der Waals surface area contributed by atoms with Crippen molar-refractivity contribution in [2.75, 3.05) is 6.61 Å². The van der Waals surface area contributed by atoms with Gasteiger partial charge in [0, 0.05) is 0 Å². The van der Waals surface area contributed by atoms with Gasteiger partial charge in [-0.2, -0.15) is 0 Å². The molecule has 0 saturated carbocycles. The molecule has 0 radical (unpaired) electrons. The summed E-state index contributed by atoms with van der Waals surface area (Å²) in [4.78, 5) is 3.30. The van der Waals surface area contributed by atoms with Crippen LogP contribution in [0.3, 0.4) is 0 Å². The highest BCUT2D eigenvalue weighted by Crippen LogP contribution is 1.70. The number of aliphatic hydroxyl groups excluding tert-OH is 1. The second-order valence-corrected chi connectivity index (χ2v) is 0.776. The Balaban J connectivity index is 2.63. The van der Waals surface area contributed by atoms with E-state index in [0.717, 1.165) is 0 Å². The van der Waals surface area contributed by atoms with Crippen LogP contribution < -0.4 is 0 Å². The molecule has 4 nitrogen and oxygen atoms in total. The third-order valence-corrected chi connectivity index (χ3v) is 0.224. The molecule has 0 aromatic heterocycles. The molecule has 0 fully saturated rings. The van der Waals surface area contributed by atoms with Crippen molar-refractivity contribution in [3.05, 3.63) is 0 Å². The second kappa shape index (κ2) is 3.05. The van der Waals surface area contributed by atoms with E-state index in [4.69, 9.17) is 15.5 Å². The summed E-state index contributed by atoms with van der Waals surface area (Å²) in [6.45, 7) is -0.458. The summed E-state index contributed by atoms with van der Waals surface area (Å²) < 4.78 is 0. The van der Waals surface area contributed by atoms with Crippen LogP contribution in [0.2, 0.25) is 0 Å². The van der Waals surface area contributed by atoms with Crippen LogP contribution in [0.15, 0.2) is 0 Å². The molecular formula is C2H6O4. The Morgan fingerprint density at radius 1 is 1.50 bits per heavy atom. The van der Waals surface area contributed by atoms with Gasteiger partial charge in [0.2, 0.25) is 0 Å². The summed E-state index contributed by atoms with van der Waals surface area (Å²) in [5.74, 6) is 0. The van der Waals surface area contributed by atoms with Crippen molar-refractivity contribution < 1.29 is 20.4 Å². The average molecular weight is 94.1 g/mol. The average Bonchev–Trinajstić information content (AvgIpc) is 1.35. The van der Waals surface area contributed by atoms with Crippen LogP contribution in [0.1, 0.15) is 0 Å². The minimum Gasteiger partial charge on any atom is -0.366 e. The van der Waals surface area contributed by atoms with Gasteiger partial charge in [-0.1, -0.05) is 0 Å². The van der Waals surface area contributed by atoms with Crippen LogP contribution >= 0.6 is 0 Å². The first-order valence-electron chi connectivity index (χ1n) is 1.40. The van der Waals surface area contributed by atoms with Crippen LogP contribution in [0, 0.1) is 0 Å². The summed E-state index contributed by atoms with van der Waals surface area (Å²) in [6.07, 6.45) is -1.57. The second-order valence-electron chi connectivity index (χ2n) is 0.776. The Kier molecular flexibility index (Phi) is 2.97. The zero-order chi connectivity index (χ0) is 4.99. The molecule has 0 aromatic carbocycles. The van der Waals surface area contributed by atoms with Crippen molar-refractivity contribution in [1.29, 1.82) is 0 Å². The lowest BCUT2D eigenvalue weighted by Gasteiger charge is -1.94. The van der Waals surface area contributed by atoms with Crippen molar-refractivity contribution >= 4 is 0 Å². The molecule has 0 amide bonds. The fraction of sp³-hybridized carbons (Fsp3) is 1.00. The predicted octanol–water partition coefficient (Wildman–Crippen LogP) is -1.21. The lowest BCUT2D eigenvalue weighted by atomic mass is 10.7. The molecule has 0 bridgehead atoms. The molecule has 0 aliphatic heterocycles. The Hall–Kier alpha value is -0.160. The van der Waals surface area contributed by atoms with Crippen molar-refractivity contribution in [2.45, 2.75) is 6.29 Å². The molecule has 0 heterocycles. The fourth-order valence-corrected chi connectivity index (χ4v) is 0.0667. The third-order valence-electron chi connectivity index (χ3n) is 0.224. The quantitative estimate of drug-likeness (QED) is 0.228. The van der Waals surface area contributed by atoms with E-state index in [1.54, 1.807) is 0 Å². The highest BCUT2D eigenvalue weighted by atomic mass is 17.1. The van der Waals surface area contributed by atoms with E-state index >= 15 is 0 Å². The van der Waals surface area contributed by atoms with Crippen LogP contribution in [0.5, 0.6) is 0 Å². The van der Waals surface area contributed by atoms with E-state index in [9.17, 15) is 0 Å². The molecule has 0 atom stereocenters. The van der Waals surface area contributed by atoms with Gasteiger partial charge in [-0.25, -0.2) is 4.89 Å². The Labute approximate surface area is 34.5 Å². The van der Waals surface area contributed by atoms with E-state index in [-0.39, 0.29) is 0 Å². The van der Waals surface area contributed by atoms with Crippen LogP contribution in [-0.2, 0) is 4.89 Å². The molecule has 0 aliphatic carbocycles. The first-order chi connectivity index (χ1) is 2.77. The van der Waals surface area contributed by atoms with Gasteiger partial charge < -0.3 is 10.2 Å². The van der Waals surface area contributed by atoms with Gasteiger partial charge in [-0.15, -0.1) is 0 Å². The van der Waals surface area contributed by atoms with E-state index in [2.05, 4.69) is 4.89 Å². The maximum Gasteiger partial charge on any atom is 0.178 e. The van der Waals surface area contributed by atoms with Crippen molar-refractivity contribution in [3.63, 3.8) is 0 Å². The highest BCUT2D eigenvalue weighted by Gasteiger charge is 1.91. The molecule has 0 aliphatic rings. The van der Waals surface area contributed by atoms with Gasteiger partial charge in [-0.05, 0) is 0 Å². The molecule has 38 valence electrons. The van der Waals surface area contributed by atoms with Gasteiger partial charge in [0.1, 0.15) is 6.61 Å². The standard InChI is InChI=1S/C2H6O4/c3-2(4)1-6-5/h2-5H,1H2. The lowest BCUT2D eigenvalue weighted by Crippen LogP contribution is -2.11. The maximum atomic E-state index is 7.82. The summed E-state index contributed by atoms with van der Waals surface area (Å²) in [5.41, 5.74) is 0. The molecule has 4 heteroatoms. The monoisotopic (exact) mass is 94.0 g/mol. The first-order valence-corrected chi connectivity index (χ1v) is 1.40. The molecule has 0 aromatic rings. The minimum atomic E-state index is -1.57. The number of rotatable bonds is 2. The summed E-state index contributed by atoms with van der Waals surface area (Å²) >= 11 is 0. The van der Waals surface area contributed by atoms with E-state index in [1.165, 1.54) is 0 Å². The topological polar surface area (TPSA) is 69.9 Å². The van der Waals surface area contributed by atoms with Gasteiger partial charge in [0.25, 0.3) is 0 Å². The molecular weight excluding hydrogens is 88.0 g/mol. The lowest BCUT2D eigenvalue weighted by molar-refractivity contribution is -0.278. The number of hydrogen-bond acceptors (Lipinski definition) is 4. The molecule has 6 heavy (non-hydrogen) atoms. The smallest absolute Gasteiger partial charge is 0.178 e.